The van der Waals surface area contributed by atoms with Crippen LogP contribution in [-0.2, 0) is 22.4 Å². The number of carbonyl (C=O) groups is 1. The number of carbonyl (C=O) groups excluding carboxylic acids is 1. The van der Waals surface area contributed by atoms with E-state index in [1.807, 2.05) is 0 Å². The minimum atomic E-state index is 0.0266. The molecule has 0 saturated carbocycles. The molecule has 2 atom stereocenters. The first-order chi connectivity index (χ1) is 9.24. The van der Waals surface area contributed by atoms with Crippen molar-refractivity contribution in [3.05, 3.63) is 21.9 Å². The van der Waals surface area contributed by atoms with Gasteiger partial charge < -0.3 is 10.1 Å². The van der Waals surface area contributed by atoms with Crippen molar-refractivity contribution in [1.82, 2.24) is 5.32 Å². The quantitative estimate of drug-likeness (QED) is 0.834. The Morgan fingerprint density at radius 2 is 2.16 bits per heavy atom. The highest BCUT2D eigenvalue weighted by Gasteiger charge is 2.33. The van der Waals surface area contributed by atoms with E-state index in [4.69, 9.17) is 4.74 Å². The number of thiophene rings is 1. The molecule has 0 amide bonds. The topological polar surface area (TPSA) is 38.3 Å². The molecule has 0 radical (unpaired) electrons. The lowest BCUT2D eigenvalue weighted by atomic mass is 9.96. The SMILES string of the molecule is CCCNC1COCC1C(=O)Cc1ccc(CC)s1. The minimum absolute atomic E-state index is 0.0266. The lowest BCUT2D eigenvalue weighted by Gasteiger charge is -2.17. The van der Waals surface area contributed by atoms with Crippen LogP contribution in [0.4, 0.5) is 0 Å². The van der Waals surface area contributed by atoms with E-state index < -0.39 is 0 Å². The van der Waals surface area contributed by atoms with E-state index in [0.29, 0.717) is 25.4 Å². The van der Waals surface area contributed by atoms with Crippen molar-refractivity contribution >= 4 is 17.1 Å². The Kier molecular flexibility index (Phi) is 5.55. The number of ether oxygens (including phenoxy) is 1. The van der Waals surface area contributed by atoms with E-state index in [2.05, 4.69) is 31.3 Å². The number of hydrogen-bond donors (Lipinski definition) is 1. The number of rotatable bonds is 7. The average molecular weight is 281 g/mol. The van der Waals surface area contributed by atoms with E-state index in [0.717, 1.165) is 19.4 Å². The Balaban J connectivity index is 1.91. The molecule has 1 aliphatic rings. The first-order valence-corrected chi connectivity index (χ1v) is 7.97. The van der Waals surface area contributed by atoms with Gasteiger partial charge in [0.1, 0.15) is 5.78 Å². The van der Waals surface area contributed by atoms with Crippen LogP contribution in [0.5, 0.6) is 0 Å². The molecule has 1 aromatic heterocycles. The molecule has 1 saturated heterocycles. The van der Waals surface area contributed by atoms with Crippen LogP contribution < -0.4 is 5.32 Å². The zero-order valence-corrected chi connectivity index (χ0v) is 12.6. The monoisotopic (exact) mass is 281 g/mol. The van der Waals surface area contributed by atoms with Gasteiger partial charge in [-0.25, -0.2) is 0 Å². The molecule has 0 aromatic carbocycles. The Morgan fingerprint density at radius 1 is 1.37 bits per heavy atom. The van der Waals surface area contributed by atoms with E-state index in [1.54, 1.807) is 11.3 Å². The van der Waals surface area contributed by atoms with Crippen LogP contribution in [0.15, 0.2) is 12.1 Å². The van der Waals surface area contributed by atoms with Crippen LogP contribution in [-0.4, -0.2) is 31.6 Å². The van der Waals surface area contributed by atoms with Gasteiger partial charge in [0.2, 0.25) is 0 Å². The summed E-state index contributed by atoms with van der Waals surface area (Å²) in [5.41, 5.74) is 0. The lowest BCUT2D eigenvalue weighted by Crippen LogP contribution is -2.40. The summed E-state index contributed by atoms with van der Waals surface area (Å²) in [6, 6.07) is 4.43. The lowest BCUT2D eigenvalue weighted by molar-refractivity contribution is -0.122. The van der Waals surface area contributed by atoms with Gasteiger partial charge in [0.25, 0.3) is 0 Å². The summed E-state index contributed by atoms with van der Waals surface area (Å²) in [7, 11) is 0. The van der Waals surface area contributed by atoms with Crippen molar-refractivity contribution in [3.8, 4) is 0 Å². The van der Waals surface area contributed by atoms with E-state index >= 15 is 0 Å². The van der Waals surface area contributed by atoms with Crippen molar-refractivity contribution in [2.75, 3.05) is 19.8 Å². The molecule has 2 unspecified atom stereocenters. The van der Waals surface area contributed by atoms with E-state index in [1.165, 1.54) is 9.75 Å². The first kappa shape index (κ1) is 14.7. The van der Waals surface area contributed by atoms with E-state index in [9.17, 15) is 4.79 Å². The first-order valence-electron chi connectivity index (χ1n) is 7.16. The van der Waals surface area contributed by atoms with Crippen LogP contribution in [0.1, 0.15) is 30.0 Å². The van der Waals surface area contributed by atoms with Crippen molar-refractivity contribution < 1.29 is 9.53 Å². The van der Waals surface area contributed by atoms with Gasteiger partial charge in [0.15, 0.2) is 0 Å². The fourth-order valence-electron chi connectivity index (χ4n) is 2.41. The second kappa shape index (κ2) is 7.17. The van der Waals surface area contributed by atoms with Crippen LogP contribution in [0.3, 0.4) is 0 Å². The van der Waals surface area contributed by atoms with Crippen LogP contribution >= 0.6 is 11.3 Å². The molecule has 19 heavy (non-hydrogen) atoms. The summed E-state index contributed by atoms with van der Waals surface area (Å²) in [5.74, 6) is 0.342. The van der Waals surface area contributed by atoms with Gasteiger partial charge >= 0.3 is 0 Å². The molecule has 106 valence electrons. The molecule has 3 nitrogen and oxygen atoms in total. The fraction of sp³-hybridized carbons (Fsp3) is 0.667. The smallest absolute Gasteiger partial charge is 0.145 e. The van der Waals surface area contributed by atoms with Crippen molar-refractivity contribution in [2.45, 2.75) is 39.2 Å². The number of ketones is 1. The summed E-state index contributed by atoms with van der Waals surface area (Å²) < 4.78 is 5.47. The Morgan fingerprint density at radius 3 is 2.84 bits per heavy atom. The predicted octanol–water partition coefficient (Wildman–Crippen LogP) is 2.44. The molecule has 2 rings (SSSR count). The standard InChI is InChI=1S/C15H23NO2S/c1-3-7-16-14-10-18-9-13(14)15(17)8-12-6-5-11(4-2)19-12/h5-6,13-14,16H,3-4,7-10H2,1-2H3. The van der Waals surface area contributed by atoms with Gasteiger partial charge in [-0.3, -0.25) is 4.79 Å². The van der Waals surface area contributed by atoms with Crippen molar-refractivity contribution in [1.29, 1.82) is 0 Å². The van der Waals surface area contributed by atoms with E-state index in [-0.39, 0.29) is 12.0 Å². The zero-order chi connectivity index (χ0) is 13.7. The second-order valence-electron chi connectivity index (χ2n) is 5.07. The zero-order valence-electron chi connectivity index (χ0n) is 11.8. The van der Waals surface area contributed by atoms with Gasteiger partial charge in [-0.1, -0.05) is 13.8 Å². The molecule has 1 aliphatic heterocycles. The molecule has 0 spiro atoms. The third kappa shape index (κ3) is 3.88. The molecule has 1 N–H and O–H groups in total. The summed E-state index contributed by atoms with van der Waals surface area (Å²) in [6.07, 6.45) is 2.69. The van der Waals surface area contributed by atoms with Gasteiger partial charge in [0.05, 0.1) is 19.1 Å². The molecule has 0 aliphatic carbocycles. The van der Waals surface area contributed by atoms with Crippen molar-refractivity contribution in [2.24, 2.45) is 5.92 Å². The molecule has 4 heteroatoms. The fourth-order valence-corrected chi connectivity index (χ4v) is 3.38. The maximum Gasteiger partial charge on any atom is 0.145 e. The van der Waals surface area contributed by atoms with Crippen LogP contribution in [0, 0.1) is 5.92 Å². The largest absolute Gasteiger partial charge is 0.379 e. The molecule has 0 bridgehead atoms. The molecule has 2 heterocycles. The maximum atomic E-state index is 12.4. The second-order valence-corrected chi connectivity index (χ2v) is 6.32. The highest BCUT2D eigenvalue weighted by atomic mass is 32.1. The minimum Gasteiger partial charge on any atom is -0.379 e. The normalized spacial score (nSPS) is 22.8. The molecular formula is C15H23NO2S. The maximum absolute atomic E-state index is 12.4. The summed E-state index contributed by atoms with van der Waals surface area (Å²) in [4.78, 5) is 14.9. The van der Waals surface area contributed by atoms with Gasteiger partial charge in [-0.2, -0.15) is 0 Å². The number of nitrogens with one attached hydrogen (secondary N) is 1. The Labute approximate surface area is 119 Å². The number of aryl methyl sites for hydroxylation is 1. The van der Waals surface area contributed by atoms with Gasteiger partial charge in [-0.15, -0.1) is 11.3 Å². The highest BCUT2D eigenvalue weighted by molar-refractivity contribution is 7.12. The average Bonchev–Trinajstić information content (AvgIpc) is 3.04. The summed E-state index contributed by atoms with van der Waals surface area (Å²) in [6.45, 7) is 6.48. The molecule has 1 aromatic rings. The van der Waals surface area contributed by atoms with Crippen LogP contribution in [0.25, 0.3) is 0 Å². The summed E-state index contributed by atoms with van der Waals surface area (Å²) >= 11 is 1.76. The molecule has 1 fully saturated rings. The Bertz CT molecular complexity index is 416. The third-order valence-corrected chi connectivity index (χ3v) is 4.79. The predicted molar refractivity (Wildman–Crippen MR) is 78.8 cm³/mol. The highest BCUT2D eigenvalue weighted by Crippen LogP contribution is 2.22. The molecular weight excluding hydrogens is 258 g/mol. The van der Waals surface area contributed by atoms with Gasteiger partial charge in [0, 0.05) is 22.2 Å². The van der Waals surface area contributed by atoms with Crippen molar-refractivity contribution in [3.63, 3.8) is 0 Å². The summed E-state index contributed by atoms with van der Waals surface area (Å²) in [5, 5.41) is 3.42. The van der Waals surface area contributed by atoms with Gasteiger partial charge in [-0.05, 0) is 31.5 Å². The Hall–Kier alpha value is -0.710. The number of hydrogen-bond acceptors (Lipinski definition) is 4. The van der Waals surface area contributed by atoms with Crippen LogP contribution in [0.2, 0.25) is 0 Å². The third-order valence-electron chi connectivity index (χ3n) is 3.56. The number of Topliss-reactive ketones (excluding diaryl/α,β-unsaturated/α-hetero) is 1.